The molecule has 2 aromatic rings. The van der Waals surface area contributed by atoms with E-state index in [2.05, 4.69) is 6.58 Å². The van der Waals surface area contributed by atoms with Gasteiger partial charge in [0.15, 0.2) is 11.6 Å². The summed E-state index contributed by atoms with van der Waals surface area (Å²) in [5, 5.41) is 10.3. The number of benzene rings is 2. The van der Waals surface area contributed by atoms with Crippen molar-refractivity contribution in [1.29, 1.82) is 0 Å². The van der Waals surface area contributed by atoms with Crippen LogP contribution in [-0.2, 0) is 6.42 Å². The van der Waals surface area contributed by atoms with Gasteiger partial charge in [0.2, 0.25) is 0 Å². The molecule has 4 heteroatoms. The summed E-state index contributed by atoms with van der Waals surface area (Å²) in [5.74, 6) is -0.649. The molecule has 0 amide bonds. The highest BCUT2D eigenvalue weighted by atomic mass is 16.3. The van der Waals surface area contributed by atoms with Crippen LogP contribution in [0.1, 0.15) is 37.4 Å². The fourth-order valence-corrected chi connectivity index (χ4v) is 2.53. The first-order valence-corrected chi connectivity index (χ1v) is 6.29. The summed E-state index contributed by atoms with van der Waals surface area (Å²) in [6.45, 7) is 3.62. The summed E-state index contributed by atoms with van der Waals surface area (Å²) in [5.41, 5.74) is 1.70. The largest absolute Gasteiger partial charge is 0.507 e. The van der Waals surface area contributed by atoms with Crippen LogP contribution < -0.4 is 6.15 Å². The Kier molecular flexibility index (Phi) is 3.74. The second kappa shape index (κ2) is 5.34. The quantitative estimate of drug-likeness (QED) is 0.706. The number of carbonyl (C=O) groups excluding carboxylic acids is 2. The number of rotatable bonds is 2. The molecule has 4 N–H and O–H groups in total. The molecule has 0 aromatic heterocycles. The zero-order valence-corrected chi connectivity index (χ0v) is 11.4. The number of fused-ring (bicyclic) bond motifs is 2. The normalized spacial score (nSPS) is 12.2. The molecule has 0 spiro atoms. The van der Waals surface area contributed by atoms with Crippen molar-refractivity contribution in [3.8, 4) is 5.75 Å². The monoisotopic (exact) mass is 281 g/mol. The van der Waals surface area contributed by atoms with Crippen LogP contribution in [0.4, 0.5) is 0 Å². The van der Waals surface area contributed by atoms with Crippen LogP contribution in [0.2, 0.25) is 0 Å². The predicted molar refractivity (Wildman–Crippen MR) is 80.3 cm³/mol. The third-order valence-corrected chi connectivity index (χ3v) is 3.51. The Hall–Kier alpha value is -2.72. The van der Waals surface area contributed by atoms with E-state index in [-0.39, 0.29) is 34.6 Å². The van der Waals surface area contributed by atoms with Crippen LogP contribution in [-0.4, -0.2) is 16.7 Å². The fraction of sp³-hybridized carbons (Fsp3) is 0.0588. The Morgan fingerprint density at radius 2 is 1.57 bits per heavy atom. The minimum absolute atomic E-state index is 0. The van der Waals surface area contributed by atoms with Gasteiger partial charge in [0.05, 0.1) is 5.56 Å². The minimum Gasteiger partial charge on any atom is -0.507 e. The lowest BCUT2D eigenvalue weighted by Crippen LogP contribution is -2.21. The van der Waals surface area contributed by atoms with E-state index >= 15 is 0 Å². The molecule has 4 nitrogen and oxygen atoms in total. The Morgan fingerprint density at radius 1 is 0.952 bits per heavy atom. The van der Waals surface area contributed by atoms with Gasteiger partial charge >= 0.3 is 0 Å². The van der Waals surface area contributed by atoms with Gasteiger partial charge in [-0.25, -0.2) is 0 Å². The molecule has 0 bridgehead atoms. The van der Waals surface area contributed by atoms with Gasteiger partial charge in [-0.1, -0.05) is 36.4 Å². The first-order valence-electron chi connectivity index (χ1n) is 6.29. The Balaban J connectivity index is 0.00000161. The molecule has 0 unspecified atom stereocenters. The number of ketones is 2. The van der Waals surface area contributed by atoms with Crippen molar-refractivity contribution in [3.05, 3.63) is 76.9 Å². The lowest BCUT2D eigenvalue weighted by molar-refractivity contribution is 0.0976. The highest BCUT2D eigenvalue weighted by molar-refractivity contribution is 6.29. The van der Waals surface area contributed by atoms with Crippen molar-refractivity contribution in [2.75, 3.05) is 0 Å². The average Bonchev–Trinajstić information content (AvgIpc) is 2.47. The first-order chi connectivity index (χ1) is 9.65. The van der Waals surface area contributed by atoms with Crippen LogP contribution in [0.15, 0.2) is 49.1 Å². The third kappa shape index (κ3) is 2.06. The van der Waals surface area contributed by atoms with Crippen molar-refractivity contribution in [2.45, 2.75) is 6.42 Å². The molecule has 21 heavy (non-hydrogen) atoms. The van der Waals surface area contributed by atoms with E-state index in [0.29, 0.717) is 23.1 Å². The average molecular weight is 281 g/mol. The zero-order chi connectivity index (χ0) is 14.3. The van der Waals surface area contributed by atoms with Gasteiger partial charge in [-0.2, -0.15) is 0 Å². The molecule has 106 valence electrons. The molecule has 2 aromatic carbocycles. The lowest BCUT2D eigenvalue weighted by atomic mass is 9.82. The molecule has 0 radical (unpaired) electrons. The van der Waals surface area contributed by atoms with Gasteiger partial charge in [-0.05, 0) is 18.1 Å². The maximum Gasteiger partial charge on any atom is 0.198 e. The highest BCUT2D eigenvalue weighted by Crippen LogP contribution is 2.35. The van der Waals surface area contributed by atoms with Crippen molar-refractivity contribution < 1.29 is 14.7 Å². The summed E-state index contributed by atoms with van der Waals surface area (Å²) in [6.07, 6.45) is 2.09. The second-order valence-electron chi connectivity index (χ2n) is 4.69. The number of phenolic OH excluding ortho intramolecular Hbond substituents is 1. The molecule has 0 heterocycles. The molecule has 0 atom stereocenters. The maximum absolute atomic E-state index is 12.5. The molecule has 3 rings (SSSR count). The molecule has 0 fully saturated rings. The number of carbonyl (C=O) groups is 2. The van der Waals surface area contributed by atoms with Crippen LogP contribution in [0.5, 0.6) is 5.75 Å². The van der Waals surface area contributed by atoms with Crippen molar-refractivity contribution in [1.82, 2.24) is 6.15 Å². The number of phenols is 1. The predicted octanol–water partition coefficient (Wildman–Crippen LogP) is 3.06. The summed E-state index contributed by atoms with van der Waals surface area (Å²) in [7, 11) is 0. The molecule has 0 aliphatic heterocycles. The van der Waals surface area contributed by atoms with Crippen LogP contribution in [0, 0.1) is 0 Å². The number of allylic oxidation sites excluding steroid dienone is 1. The number of aromatic hydroxyl groups is 1. The molecule has 0 saturated heterocycles. The van der Waals surface area contributed by atoms with E-state index in [0.717, 1.165) is 0 Å². The first kappa shape index (κ1) is 14.7. The molecular weight excluding hydrogens is 266 g/mol. The van der Waals surface area contributed by atoms with Crippen molar-refractivity contribution in [2.24, 2.45) is 0 Å². The molecule has 1 aliphatic rings. The highest BCUT2D eigenvalue weighted by Gasteiger charge is 2.32. The van der Waals surface area contributed by atoms with Gasteiger partial charge in [0.25, 0.3) is 0 Å². The summed E-state index contributed by atoms with van der Waals surface area (Å²) in [4.78, 5) is 24.9. The maximum atomic E-state index is 12.5. The van der Waals surface area contributed by atoms with Crippen LogP contribution in [0.3, 0.4) is 0 Å². The SMILES string of the molecule is C=CCc1ccc2c(c1O)C(=O)c1ccccc1C2=O.N. The third-order valence-electron chi connectivity index (χ3n) is 3.51. The number of hydrogen-bond donors (Lipinski definition) is 2. The van der Waals surface area contributed by atoms with Crippen LogP contribution >= 0.6 is 0 Å². The number of hydrogen-bond acceptors (Lipinski definition) is 4. The molecule has 0 saturated carbocycles. The smallest absolute Gasteiger partial charge is 0.198 e. The van der Waals surface area contributed by atoms with E-state index in [9.17, 15) is 14.7 Å². The van der Waals surface area contributed by atoms with Gasteiger partial charge in [-0.3, -0.25) is 9.59 Å². The van der Waals surface area contributed by atoms with E-state index < -0.39 is 0 Å². The lowest BCUT2D eigenvalue weighted by Gasteiger charge is -2.19. The summed E-state index contributed by atoms with van der Waals surface area (Å²) < 4.78 is 0. The van der Waals surface area contributed by atoms with E-state index in [1.807, 2.05) is 0 Å². The van der Waals surface area contributed by atoms with Gasteiger partial charge in [-0.15, -0.1) is 6.58 Å². The fourth-order valence-electron chi connectivity index (χ4n) is 2.53. The Labute approximate surface area is 122 Å². The summed E-state index contributed by atoms with van der Waals surface area (Å²) >= 11 is 0. The zero-order valence-electron chi connectivity index (χ0n) is 11.4. The molecule has 1 aliphatic carbocycles. The topological polar surface area (TPSA) is 89.4 Å². The molecular formula is C17H15NO3. The Bertz CT molecular complexity index is 763. The summed E-state index contributed by atoms with van der Waals surface area (Å²) in [6, 6.07) is 9.94. The van der Waals surface area contributed by atoms with Crippen LogP contribution in [0.25, 0.3) is 0 Å². The van der Waals surface area contributed by atoms with Crippen molar-refractivity contribution in [3.63, 3.8) is 0 Å². The van der Waals surface area contributed by atoms with E-state index in [4.69, 9.17) is 0 Å². The van der Waals surface area contributed by atoms with Gasteiger partial charge in [0.1, 0.15) is 5.75 Å². The standard InChI is InChI=1S/C17H12O3.H3N/c1-2-5-10-8-9-13-14(15(10)18)17(20)12-7-4-3-6-11(12)16(13)19;/h2-4,6-9,18H,1,5H2;1H3. The minimum atomic E-state index is -0.307. The van der Waals surface area contributed by atoms with Gasteiger partial charge in [0, 0.05) is 16.7 Å². The van der Waals surface area contributed by atoms with Crippen molar-refractivity contribution >= 4 is 11.6 Å². The van der Waals surface area contributed by atoms with E-state index in [1.165, 1.54) is 0 Å². The Morgan fingerprint density at radius 3 is 2.19 bits per heavy atom. The van der Waals surface area contributed by atoms with E-state index in [1.54, 1.807) is 42.5 Å². The van der Waals surface area contributed by atoms with Gasteiger partial charge < -0.3 is 11.3 Å². The second-order valence-corrected chi connectivity index (χ2v) is 4.69.